The molecule has 0 saturated carbocycles. The zero-order chi connectivity index (χ0) is 12.3. The first-order chi connectivity index (χ1) is 8.22. The van der Waals surface area contributed by atoms with E-state index in [9.17, 15) is 0 Å². The van der Waals surface area contributed by atoms with Crippen molar-refractivity contribution in [2.45, 2.75) is 45.6 Å². The van der Waals surface area contributed by atoms with Gasteiger partial charge in [-0.25, -0.2) is 0 Å². The molecule has 3 nitrogen and oxygen atoms in total. The summed E-state index contributed by atoms with van der Waals surface area (Å²) in [6.07, 6.45) is 4.55. The monoisotopic (exact) mass is 270 g/mol. The fourth-order valence-corrected chi connectivity index (χ4v) is 2.06. The van der Waals surface area contributed by atoms with Crippen LogP contribution in [-0.2, 0) is 6.42 Å². The number of halogens is 1. The molecule has 102 valence electrons. The minimum atomic E-state index is 0. The molecule has 0 spiro atoms. The summed E-state index contributed by atoms with van der Waals surface area (Å²) in [7, 11) is 2.10. The molecule has 1 aromatic rings. The van der Waals surface area contributed by atoms with E-state index in [1.54, 1.807) is 0 Å². The molecule has 1 aliphatic rings. The van der Waals surface area contributed by atoms with Gasteiger partial charge in [-0.05, 0) is 44.7 Å². The van der Waals surface area contributed by atoms with Gasteiger partial charge in [0, 0.05) is 18.7 Å². The minimum absolute atomic E-state index is 0. The number of hydrogen-bond acceptors (Lipinski definition) is 3. The molecule has 0 saturated heterocycles. The highest BCUT2D eigenvalue weighted by Gasteiger charge is 2.14. The van der Waals surface area contributed by atoms with E-state index in [2.05, 4.69) is 42.9 Å². The van der Waals surface area contributed by atoms with E-state index in [1.165, 1.54) is 12.0 Å². The first-order valence-corrected chi connectivity index (χ1v) is 6.58. The van der Waals surface area contributed by atoms with Gasteiger partial charge in [0.25, 0.3) is 0 Å². The van der Waals surface area contributed by atoms with Crippen LogP contribution in [0.4, 0.5) is 5.82 Å². The van der Waals surface area contributed by atoms with E-state index in [1.807, 2.05) is 0 Å². The Morgan fingerprint density at radius 2 is 2.17 bits per heavy atom. The molecular formula is C14H23ClN2O. The summed E-state index contributed by atoms with van der Waals surface area (Å²) in [6, 6.07) is 4.79. The molecule has 1 atom stereocenters. The van der Waals surface area contributed by atoms with Gasteiger partial charge in [-0.3, -0.25) is 0 Å². The Labute approximate surface area is 116 Å². The molecule has 0 amide bonds. The summed E-state index contributed by atoms with van der Waals surface area (Å²) in [6.45, 7) is 5.21. The van der Waals surface area contributed by atoms with Crippen LogP contribution in [0.5, 0.6) is 5.88 Å². The van der Waals surface area contributed by atoms with Crippen molar-refractivity contribution in [1.82, 2.24) is 4.98 Å². The molecule has 4 heteroatoms. The van der Waals surface area contributed by atoms with Crippen molar-refractivity contribution in [3.8, 4) is 5.88 Å². The Hall–Kier alpha value is -0.960. The quantitative estimate of drug-likeness (QED) is 0.841. The summed E-state index contributed by atoms with van der Waals surface area (Å²) < 4.78 is 5.71. The topological polar surface area (TPSA) is 25.4 Å². The first-order valence-electron chi connectivity index (χ1n) is 6.58. The maximum absolute atomic E-state index is 5.71. The highest BCUT2D eigenvalue weighted by atomic mass is 35.5. The van der Waals surface area contributed by atoms with E-state index >= 15 is 0 Å². The third kappa shape index (κ3) is 3.29. The molecule has 0 N–H and O–H groups in total. The number of anilines is 1. The molecule has 0 bridgehead atoms. The van der Waals surface area contributed by atoms with Crippen molar-refractivity contribution in [3.63, 3.8) is 0 Å². The van der Waals surface area contributed by atoms with Crippen LogP contribution < -0.4 is 9.64 Å². The third-order valence-electron chi connectivity index (χ3n) is 3.62. The summed E-state index contributed by atoms with van der Waals surface area (Å²) in [5.41, 5.74) is 1.25. The summed E-state index contributed by atoms with van der Waals surface area (Å²) in [4.78, 5) is 6.86. The van der Waals surface area contributed by atoms with E-state index in [0.717, 1.165) is 37.6 Å². The Bertz CT molecular complexity index is 384. The van der Waals surface area contributed by atoms with Crippen LogP contribution in [-0.4, -0.2) is 24.7 Å². The van der Waals surface area contributed by atoms with Gasteiger partial charge in [0.1, 0.15) is 5.82 Å². The predicted octanol–water partition coefficient (Wildman–Crippen LogP) is 3.45. The van der Waals surface area contributed by atoms with E-state index in [0.29, 0.717) is 6.04 Å². The average Bonchev–Trinajstić information content (AvgIpc) is 2.61. The van der Waals surface area contributed by atoms with Crippen molar-refractivity contribution in [2.75, 3.05) is 18.6 Å². The van der Waals surface area contributed by atoms with Gasteiger partial charge < -0.3 is 9.64 Å². The number of hydrogen-bond donors (Lipinski definition) is 0. The fraction of sp³-hybridized carbons (Fsp3) is 0.643. The SMILES string of the molecule is CCC(C)N(C)c1ccc2c(n1)OCCCC2.Cl. The van der Waals surface area contributed by atoms with Crippen LogP contribution in [0, 0.1) is 0 Å². The lowest BCUT2D eigenvalue weighted by molar-refractivity contribution is 0.305. The Morgan fingerprint density at radius 1 is 1.39 bits per heavy atom. The molecule has 2 heterocycles. The number of pyridine rings is 1. The van der Waals surface area contributed by atoms with Crippen molar-refractivity contribution < 1.29 is 4.74 Å². The van der Waals surface area contributed by atoms with Crippen molar-refractivity contribution in [2.24, 2.45) is 0 Å². The van der Waals surface area contributed by atoms with Crippen molar-refractivity contribution in [3.05, 3.63) is 17.7 Å². The highest BCUT2D eigenvalue weighted by molar-refractivity contribution is 5.85. The minimum Gasteiger partial charge on any atom is -0.477 e. The summed E-state index contributed by atoms with van der Waals surface area (Å²) in [5.74, 6) is 1.86. The molecule has 0 aliphatic carbocycles. The Kier molecular flexibility index (Phi) is 5.73. The standard InChI is InChI=1S/C14H22N2O.ClH/c1-4-11(2)16(3)13-9-8-12-7-5-6-10-17-14(12)15-13;/h8-9,11H,4-7,10H2,1-3H3;1H. The first kappa shape index (κ1) is 15.1. The number of rotatable bonds is 3. The molecular weight excluding hydrogens is 248 g/mol. The van der Waals surface area contributed by atoms with Gasteiger partial charge in [-0.15, -0.1) is 12.4 Å². The Balaban J connectivity index is 0.00000162. The number of nitrogens with zero attached hydrogens (tertiary/aromatic N) is 2. The van der Waals surface area contributed by atoms with Crippen LogP contribution in [0.3, 0.4) is 0 Å². The van der Waals surface area contributed by atoms with Crippen LogP contribution in [0.25, 0.3) is 0 Å². The van der Waals surface area contributed by atoms with Crippen molar-refractivity contribution >= 4 is 18.2 Å². The number of aryl methyl sites for hydroxylation is 1. The van der Waals surface area contributed by atoms with Gasteiger partial charge in [0.05, 0.1) is 6.61 Å². The maximum Gasteiger partial charge on any atom is 0.218 e. The van der Waals surface area contributed by atoms with E-state index < -0.39 is 0 Å². The lowest BCUT2D eigenvalue weighted by Gasteiger charge is -2.25. The number of fused-ring (bicyclic) bond motifs is 1. The maximum atomic E-state index is 5.71. The van der Waals surface area contributed by atoms with Gasteiger partial charge in [0.15, 0.2) is 0 Å². The second-order valence-corrected chi connectivity index (χ2v) is 4.81. The van der Waals surface area contributed by atoms with Gasteiger partial charge in [-0.1, -0.05) is 6.92 Å². The van der Waals surface area contributed by atoms with E-state index in [-0.39, 0.29) is 12.4 Å². The molecule has 1 aromatic heterocycles. The normalized spacial score (nSPS) is 15.7. The number of ether oxygens (including phenoxy) is 1. The van der Waals surface area contributed by atoms with Crippen molar-refractivity contribution in [1.29, 1.82) is 0 Å². The van der Waals surface area contributed by atoms with E-state index in [4.69, 9.17) is 4.74 Å². The zero-order valence-electron chi connectivity index (χ0n) is 11.5. The summed E-state index contributed by atoms with van der Waals surface area (Å²) >= 11 is 0. The molecule has 0 radical (unpaired) electrons. The third-order valence-corrected chi connectivity index (χ3v) is 3.62. The number of aromatic nitrogens is 1. The van der Waals surface area contributed by atoms with Crippen LogP contribution >= 0.6 is 12.4 Å². The highest BCUT2D eigenvalue weighted by Crippen LogP contribution is 2.25. The second kappa shape index (κ2) is 6.83. The van der Waals surface area contributed by atoms with Crippen LogP contribution in [0.1, 0.15) is 38.7 Å². The summed E-state index contributed by atoms with van der Waals surface area (Å²) in [5, 5.41) is 0. The van der Waals surface area contributed by atoms with Crippen LogP contribution in [0.2, 0.25) is 0 Å². The molecule has 0 fully saturated rings. The fourth-order valence-electron chi connectivity index (χ4n) is 2.06. The largest absolute Gasteiger partial charge is 0.477 e. The Morgan fingerprint density at radius 3 is 2.89 bits per heavy atom. The van der Waals surface area contributed by atoms with Gasteiger partial charge >= 0.3 is 0 Å². The average molecular weight is 271 g/mol. The molecule has 0 aromatic carbocycles. The zero-order valence-corrected chi connectivity index (χ0v) is 12.3. The molecule has 1 aliphatic heterocycles. The lowest BCUT2D eigenvalue weighted by atomic mass is 10.1. The van der Waals surface area contributed by atoms with Crippen LogP contribution in [0.15, 0.2) is 12.1 Å². The molecule has 1 unspecified atom stereocenters. The van der Waals surface area contributed by atoms with Gasteiger partial charge in [-0.2, -0.15) is 4.98 Å². The second-order valence-electron chi connectivity index (χ2n) is 4.81. The predicted molar refractivity (Wildman–Crippen MR) is 78.1 cm³/mol. The molecule has 2 rings (SSSR count). The smallest absolute Gasteiger partial charge is 0.218 e. The molecule has 18 heavy (non-hydrogen) atoms. The lowest BCUT2D eigenvalue weighted by Crippen LogP contribution is -2.28. The van der Waals surface area contributed by atoms with Gasteiger partial charge in [0.2, 0.25) is 5.88 Å².